The van der Waals surface area contributed by atoms with E-state index in [-0.39, 0.29) is 19.1 Å². The first-order valence-electron chi connectivity index (χ1n) is 3.51. The Morgan fingerprint density at radius 2 is 2.25 bits per heavy atom. The molecule has 0 atom stereocenters. The lowest BCUT2D eigenvalue weighted by molar-refractivity contribution is -0.141. The normalized spacial score (nSPS) is 9.58. The number of rotatable bonds is 6. The number of carbonyl (C=O) groups excluding carboxylic acids is 2. The second kappa shape index (κ2) is 6.60. The molecule has 5 nitrogen and oxygen atoms in total. The van der Waals surface area contributed by atoms with Crippen molar-refractivity contribution in [1.82, 2.24) is 4.90 Å². The lowest BCUT2D eigenvalue weighted by atomic mass is 10.5. The van der Waals surface area contributed by atoms with Crippen LogP contribution in [0, 0.1) is 0 Å². The standard InChI is InChI=1S/C7H13NO4/c1-8(3-4-12-6-9)5-7(10)11-2/h6H,3-5H2,1-2H3. The number of esters is 1. The van der Waals surface area contributed by atoms with Crippen LogP contribution in [-0.4, -0.2) is 51.2 Å². The number of ether oxygens (including phenoxy) is 2. The predicted molar refractivity (Wildman–Crippen MR) is 41.5 cm³/mol. The van der Waals surface area contributed by atoms with E-state index in [0.29, 0.717) is 13.0 Å². The maximum absolute atomic E-state index is 10.7. The van der Waals surface area contributed by atoms with Gasteiger partial charge in [-0.1, -0.05) is 0 Å². The first kappa shape index (κ1) is 10.9. The maximum atomic E-state index is 10.7. The van der Waals surface area contributed by atoms with Crippen molar-refractivity contribution in [3.05, 3.63) is 0 Å². The second-order valence-electron chi connectivity index (χ2n) is 2.28. The number of methoxy groups -OCH3 is 1. The monoisotopic (exact) mass is 175 g/mol. The first-order valence-corrected chi connectivity index (χ1v) is 3.51. The summed E-state index contributed by atoms with van der Waals surface area (Å²) >= 11 is 0. The van der Waals surface area contributed by atoms with E-state index in [1.54, 1.807) is 11.9 Å². The highest BCUT2D eigenvalue weighted by Crippen LogP contribution is 1.84. The summed E-state index contributed by atoms with van der Waals surface area (Å²) in [6.07, 6.45) is 0. The summed E-state index contributed by atoms with van der Waals surface area (Å²) in [7, 11) is 3.07. The Bertz CT molecular complexity index is 148. The SMILES string of the molecule is COC(=O)CN(C)CCOC=O. The molecule has 0 aliphatic heterocycles. The number of likely N-dealkylation sites (N-methyl/N-ethyl adjacent to an activating group) is 1. The summed E-state index contributed by atoms with van der Waals surface area (Å²) in [6.45, 7) is 1.40. The van der Waals surface area contributed by atoms with E-state index in [0.717, 1.165) is 0 Å². The lowest BCUT2D eigenvalue weighted by Gasteiger charge is -2.13. The van der Waals surface area contributed by atoms with E-state index in [9.17, 15) is 9.59 Å². The molecule has 0 aliphatic rings. The van der Waals surface area contributed by atoms with E-state index in [2.05, 4.69) is 9.47 Å². The van der Waals surface area contributed by atoms with Gasteiger partial charge in [-0.2, -0.15) is 0 Å². The molecule has 0 rings (SSSR count). The fourth-order valence-electron chi connectivity index (χ4n) is 0.621. The Morgan fingerprint density at radius 3 is 2.75 bits per heavy atom. The van der Waals surface area contributed by atoms with E-state index in [1.165, 1.54) is 7.11 Å². The average molecular weight is 175 g/mol. The number of hydrogen-bond donors (Lipinski definition) is 0. The molecule has 0 aromatic rings. The largest absolute Gasteiger partial charge is 0.468 e. The van der Waals surface area contributed by atoms with Gasteiger partial charge >= 0.3 is 5.97 Å². The van der Waals surface area contributed by atoms with Gasteiger partial charge in [0.25, 0.3) is 6.47 Å². The van der Waals surface area contributed by atoms with Crippen molar-refractivity contribution in [2.24, 2.45) is 0 Å². The molecule has 0 aliphatic carbocycles. The third-order valence-electron chi connectivity index (χ3n) is 1.29. The Labute approximate surface area is 71.2 Å². The van der Waals surface area contributed by atoms with E-state index in [4.69, 9.17) is 0 Å². The van der Waals surface area contributed by atoms with Gasteiger partial charge in [0, 0.05) is 6.54 Å². The van der Waals surface area contributed by atoms with Crippen molar-refractivity contribution in [3.8, 4) is 0 Å². The average Bonchev–Trinajstić information content (AvgIpc) is 2.05. The summed E-state index contributed by atoms with van der Waals surface area (Å²) < 4.78 is 8.88. The van der Waals surface area contributed by atoms with Crippen LogP contribution in [0.25, 0.3) is 0 Å². The summed E-state index contributed by atoms with van der Waals surface area (Å²) in [6, 6.07) is 0. The first-order chi connectivity index (χ1) is 5.70. The van der Waals surface area contributed by atoms with Crippen LogP contribution in [0.5, 0.6) is 0 Å². The van der Waals surface area contributed by atoms with Crippen LogP contribution >= 0.6 is 0 Å². The maximum Gasteiger partial charge on any atom is 0.319 e. The van der Waals surface area contributed by atoms with Gasteiger partial charge in [-0.3, -0.25) is 14.5 Å². The smallest absolute Gasteiger partial charge is 0.319 e. The van der Waals surface area contributed by atoms with Crippen molar-refractivity contribution in [3.63, 3.8) is 0 Å². The van der Waals surface area contributed by atoms with E-state index in [1.807, 2.05) is 0 Å². The molecule has 0 amide bonds. The molecule has 70 valence electrons. The summed E-state index contributed by atoms with van der Waals surface area (Å²) in [4.78, 5) is 22.1. The minimum absolute atomic E-state index is 0.207. The van der Waals surface area contributed by atoms with Gasteiger partial charge in [0.05, 0.1) is 13.7 Å². The molecule has 0 aromatic carbocycles. The fraction of sp³-hybridized carbons (Fsp3) is 0.714. The van der Waals surface area contributed by atoms with Gasteiger partial charge in [0.1, 0.15) is 6.61 Å². The quantitative estimate of drug-likeness (QED) is 0.302. The van der Waals surface area contributed by atoms with Crippen LogP contribution in [0.3, 0.4) is 0 Å². The Balaban J connectivity index is 3.38. The highest BCUT2D eigenvalue weighted by molar-refractivity contribution is 5.71. The van der Waals surface area contributed by atoms with E-state index < -0.39 is 0 Å². The third kappa shape index (κ3) is 5.67. The molecule has 0 bridgehead atoms. The van der Waals surface area contributed by atoms with Crippen LogP contribution in [0.2, 0.25) is 0 Å². The van der Waals surface area contributed by atoms with Crippen molar-refractivity contribution < 1.29 is 19.1 Å². The molecule has 0 spiro atoms. The van der Waals surface area contributed by atoms with Gasteiger partial charge in [0.2, 0.25) is 0 Å². The van der Waals surface area contributed by atoms with Crippen LogP contribution < -0.4 is 0 Å². The molecular formula is C7H13NO4. The number of nitrogens with zero attached hydrogens (tertiary/aromatic N) is 1. The molecular weight excluding hydrogens is 162 g/mol. The molecule has 0 N–H and O–H groups in total. The molecule has 0 aromatic heterocycles. The molecule has 0 heterocycles. The Morgan fingerprint density at radius 1 is 1.58 bits per heavy atom. The molecule has 0 fully saturated rings. The summed E-state index contributed by atoms with van der Waals surface area (Å²) in [5.74, 6) is -0.302. The highest BCUT2D eigenvalue weighted by Gasteiger charge is 2.04. The molecule has 0 saturated carbocycles. The molecule has 0 radical (unpaired) electrons. The predicted octanol–water partition coefficient (Wildman–Crippen LogP) is -0.736. The van der Waals surface area contributed by atoms with Crippen molar-refractivity contribution in [2.45, 2.75) is 0 Å². The molecule has 12 heavy (non-hydrogen) atoms. The minimum atomic E-state index is -0.302. The third-order valence-corrected chi connectivity index (χ3v) is 1.29. The Kier molecular flexibility index (Phi) is 6.00. The van der Waals surface area contributed by atoms with Crippen LogP contribution in [0.1, 0.15) is 0 Å². The van der Waals surface area contributed by atoms with Crippen LogP contribution in [0.15, 0.2) is 0 Å². The van der Waals surface area contributed by atoms with Crippen molar-refractivity contribution >= 4 is 12.4 Å². The minimum Gasteiger partial charge on any atom is -0.468 e. The second-order valence-corrected chi connectivity index (χ2v) is 2.28. The number of hydrogen-bond acceptors (Lipinski definition) is 5. The lowest BCUT2D eigenvalue weighted by Crippen LogP contribution is -2.29. The topological polar surface area (TPSA) is 55.8 Å². The van der Waals surface area contributed by atoms with Gasteiger partial charge < -0.3 is 9.47 Å². The molecule has 0 saturated heterocycles. The summed E-state index contributed by atoms with van der Waals surface area (Å²) in [5, 5.41) is 0. The van der Waals surface area contributed by atoms with Gasteiger partial charge in [-0.05, 0) is 7.05 Å². The van der Waals surface area contributed by atoms with Crippen LogP contribution in [-0.2, 0) is 19.1 Å². The Hall–Kier alpha value is -1.10. The zero-order valence-corrected chi connectivity index (χ0v) is 7.28. The van der Waals surface area contributed by atoms with Gasteiger partial charge in [0.15, 0.2) is 0 Å². The number of carbonyl (C=O) groups is 2. The fourth-order valence-corrected chi connectivity index (χ4v) is 0.621. The summed E-state index contributed by atoms with van der Waals surface area (Å²) in [5.41, 5.74) is 0. The van der Waals surface area contributed by atoms with Gasteiger partial charge in [-0.25, -0.2) is 0 Å². The van der Waals surface area contributed by atoms with Crippen LogP contribution in [0.4, 0.5) is 0 Å². The van der Waals surface area contributed by atoms with Gasteiger partial charge in [-0.15, -0.1) is 0 Å². The zero-order chi connectivity index (χ0) is 9.40. The molecule has 5 heteroatoms. The van der Waals surface area contributed by atoms with Crippen molar-refractivity contribution in [2.75, 3.05) is 33.9 Å². The van der Waals surface area contributed by atoms with E-state index >= 15 is 0 Å². The van der Waals surface area contributed by atoms with Crippen molar-refractivity contribution in [1.29, 1.82) is 0 Å². The highest BCUT2D eigenvalue weighted by atomic mass is 16.5. The zero-order valence-electron chi connectivity index (χ0n) is 7.28. The molecule has 0 unspecified atom stereocenters.